The van der Waals surface area contributed by atoms with Crippen molar-refractivity contribution in [1.82, 2.24) is 4.90 Å². The van der Waals surface area contributed by atoms with Gasteiger partial charge in [0.2, 0.25) is 0 Å². The predicted molar refractivity (Wildman–Crippen MR) is 101 cm³/mol. The second kappa shape index (κ2) is 8.64. The molecule has 0 atom stereocenters. The molecule has 4 heteroatoms. The van der Waals surface area contributed by atoms with E-state index in [2.05, 4.69) is 23.1 Å². The van der Waals surface area contributed by atoms with Crippen LogP contribution in [0, 0.1) is 17.2 Å². The summed E-state index contributed by atoms with van der Waals surface area (Å²) in [5.74, 6) is -0.109. The molecule has 1 heterocycles. The Morgan fingerprint density at radius 1 is 1.19 bits per heavy atom. The zero-order valence-corrected chi connectivity index (χ0v) is 15.1. The zero-order chi connectivity index (χ0) is 18.4. The Labute approximate surface area is 155 Å². The van der Waals surface area contributed by atoms with Crippen LogP contribution in [0.2, 0.25) is 0 Å². The van der Waals surface area contributed by atoms with E-state index in [0.29, 0.717) is 12.2 Å². The van der Waals surface area contributed by atoms with E-state index < -0.39 is 0 Å². The summed E-state index contributed by atoms with van der Waals surface area (Å²) in [4.78, 5) is 14.5. The highest BCUT2D eigenvalue weighted by Crippen LogP contribution is 2.28. The van der Waals surface area contributed by atoms with Crippen molar-refractivity contribution in [1.29, 1.82) is 5.26 Å². The predicted octanol–water partition coefficient (Wildman–Crippen LogP) is 4.27. The molecular weight excluding hydrogens is 324 g/mol. The molecule has 0 amide bonds. The van der Waals surface area contributed by atoms with E-state index in [1.165, 1.54) is 0 Å². The van der Waals surface area contributed by atoms with Crippen molar-refractivity contribution < 1.29 is 9.53 Å². The fourth-order valence-corrected chi connectivity index (χ4v) is 3.43. The first-order chi connectivity index (χ1) is 12.7. The molecule has 0 spiro atoms. The van der Waals surface area contributed by atoms with Gasteiger partial charge in [0.25, 0.3) is 0 Å². The molecule has 1 aliphatic heterocycles. The highest BCUT2D eigenvalue weighted by molar-refractivity contribution is 5.90. The third-order valence-corrected chi connectivity index (χ3v) is 4.87. The number of rotatable bonds is 5. The molecule has 134 valence electrons. The molecule has 2 aromatic carbocycles. The van der Waals surface area contributed by atoms with Crippen LogP contribution in [0.4, 0.5) is 0 Å². The third kappa shape index (κ3) is 4.30. The summed E-state index contributed by atoms with van der Waals surface area (Å²) < 4.78 is 5.16. The first-order valence-corrected chi connectivity index (χ1v) is 9.18. The van der Waals surface area contributed by atoms with Crippen LogP contribution in [0.1, 0.15) is 35.7 Å². The van der Waals surface area contributed by atoms with Crippen LogP contribution in [0.25, 0.3) is 11.1 Å². The molecule has 0 radical (unpaired) electrons. The van der Waals surface area contributed by atoms with Gasteiger partial charge in [-0.25, -0.2) is 4.79 Å². The van der Waals surface area contributed by atoms with Crippen molar-refractivity contribution >= 4 is 5.97 Å². The fraction of sp³-hybridized carbons (Fsp3) is 0.364. The second-order valence-corrected chi connectivity index (χ2v) is 6.64. The van der Waals surface area contributed by atoms with Crippen molar-refractivity contribution in [3.63, 3.8) is 0 Å². The Morgan fingerprint density at radius 3 is 2.58 bits per heavy atom. The first kappa shape index (κ1) is 18.2. The maximum absolute atomic E-state index is 12.1. The van der Waals surface area contributed by atoms with Crippen LogP contribution < -0.4 is 0 Å². The number of benzene rings is 2. The van der Waals surface area contributed by atoms with Gasteiger partial charge in [0.05, 0.1) is 18.2 Å². The maximum Gasteiger partial charge on any atom is 0.338 e. The topological polar surface area (TPSA) is 53.3 Å². The van der Waals surface area contributed by atoms with Crippen LogP contribution in [-0.2, 0) is 11.3 Å². The van der Waals surface area contributed by atoms with Crippen molar-refractivity contribution in [2.75, 3.05) is 19.7 Å². The van der Waals surface area contributed by atoms with Crippen LogP contribution in [0.15, 0.2) is 48.5 Å². The third-order valence-electron chi connectivity index (χ3n) is 4.87. The SMILES string of the molecule is CCOC(=O)c1ccc(-c2ccccc2)c(CN2CCC(C#N)CC2)c1. The Bertz CT molecular complexity index is 788. The van der Waals surface area contributed by atoms with Gasteiger partial charge < -0.3 is 4.74 Å². The van der Waals surface area contributed by atoms with Gasteiger partial charge >= 0.3 is 5.97 Å². The van der Waals surface area contributed by atoms with E-state index in [-0.39, 0.29) is 11.9 Å². The van der Waals surface area contributed by atoms with Gasteiger partial charge in [-0.15, -0.1) is 0 Å². The monoisotopic (exact) mass is 348 g/mol. The van der Waals surface area contributed by atoms with Gasteiger partial charge in [-0.3, -0.25) is 4.90 Å². The van der Waals surface area contributed by atoms with E-state index in [0.717, 1.165) is 49.2 Å². The number of nitrogens with zero attached hydrogens (tertiary/aromatic N) is 2. The summed E-state index contributed by atoms with van der Waals surface area (Å²) in [6.07, 6.45) is 1.82. The smallest absolute Gasteiger partial charge is 0.338 e. The molecule has 4 nitrogen and oxygen atoms in total. The van der Waals surface area contributed by atoms with Crippen LogP contribution >= 0.6 is 0 Å². The molecule has 1 fully saturated rings. The minimum atomic E-state index is -0.281. The molecular formula is C22H24N2O2. The number of esters is 1. The van der Waals surface area contributed by atoms with Gasteiger partial charge in [-0.1, -0.05) is 36.4 Å². The molecule has 0 aliphatic carbocycles. The summed E-state index contributed by atoms with van der Waals surface area (Å²) in [5, 5.41) is 9.09. The summed E-state index contributed by atoms with van der Waals surface area (Å²) in [6.45, 7) is 4.79. The summed E-state index contributed by atoms with van der Waals surface area (Å²) >= 11 is 0. The standard InChI is InChI=1S/C22H24N2O2/c1-2-26-22(25)19-8-9-21(18-6-4-3-5-7-18)20(14-19)16-24-12-10-17(15-23)11-13-24/h3-9,14,17H,2,10-13,16H2,1H3. The summed E-state index contributed by atoms with van der Waals surface area (Å²) in [7, 11) is 0. The summed E-state index contributed by atoms with van der Waals surface area (Å²) in [5.41, 5.74) is 4.00. The zero-order valence-electron chi connectivity index (χ0n) is 15.1. The maximum atomic E-state index is 12.1. The van der Waals surface area contributed by atoms with E-state index >= 15 is 0 Å². The van der Waals surface area contributed by atoms with E-state index in [1.807, 2.05) is 43.3 Å². The Hall–Kier alpha value is -2.64. The van der Waals surface area contributed by atoms with Gasteiger partial charge in [-0.05, 0) is 61.7 Å². The molecule has 0 bridgehead atoms. The molecule has 3 rings (SSSR count). The number of hydrogen-bond donors (Lipinski definition) is 0. The van der Waals surface area contributed by atoms with Gasteiger partial charge in [0.1, 0.15) is 0 Å². The van der Waals surface area contributed by atoms with Crippen LogP contribution in [-0.4, -0.2) is 30.6 Å². The van der Waals surface area contributed by atoms with Crippen LogP contribution in [0.3, 0.4) is 0 Å². The van der Waals surface area contributed by atoms with Gasteiger partial charge in [0.15, 0.2) is 0 Å². The number of carbonyl (C=O) groups is 1. The first-order valence-electron chi connectivity index (χ1n) is 9.18. The Balaban J connectivity index is 1.88. The molecule has 26 heavy (non-hydrogen) atoms. The molecule has 2 aromatic rings. The minimum absolute atomic E-state index is 0.172. The molecule has 0 unspecified atom stereocenters. The number of hydrogen-bond acceptors (Lipinski definition) is 4. The normalized spacial score (nSPS) is 15.4. The lowest BCUT2D eigenvalue weighted by atomic mass is 9.95. The fourth-order valence-electron chi connectivity index (χ4n) is 3.43. The Morgan fingerprint density at radius 2 is 1.92 bits per heavy atom. The number of likely N-dealkylation sites (tertiary alicyclic amines) is 1. The highest BCUT2D eigenvalue weighted by Gasteiger charge is 2.20. The quantitative estimate of drug-likeness (QED) is 0.757. The van der Waals surface area contributed by atoms with Crippen molar-refractivity contribution in [2.45, 2.75) is 26.3 Å². The lowest BCUT2D eigenvalue weighted by molar-refractivity contribution is 0.0526. The average molecular weight is 348 g/mol. The van der Waals surface area contributed by atoms with Crippen molar-refractivity contribution in [3.05, 3.63) is 59.7 Å². The van der Waals surface area contributed by atoms with E-state index in [1.54, 1.807) is 0 Å². The van der Waals surface area contributed by atoms with Crippen molar-refractivity contribution in [3.8, 4) is 17.2 Å². The highest BCUT2D eigenvalue weighted by atomic mass is 16.5. The average Bonchev–Trinajstić information content (AvgIpc) is 2.69. The lowest BCUT2D eigenvalue weighted by Crippen LogP contribution is -2.33. The largest absolute Gasteiger partial charge is 0.462 e. The molecule has 1 aliphatic rings. The Kier molecular flexibility index (Phi) is 6.04. The van der Waals surface area contributed by atoms with Crippen LogP contribution in [0.5, 0.6) is 0 Å². The molecule has 1 saturated heterocycles. The molecule has 0 saturated carbocycles. The van der Waals surface area contributed by atoms with Crippen molar-refractivity contribution in [2.24, 2.45) is 5.92 Å². The van der Waals surface area contributed by atoms with E-state index in [9.17, 15) is 4.79 Å². The number of nitriles is 1. The summed E-state index contributed by atoms with van der Waals surface area (Å²) in [6, 6.07) is 18.4. The number of ether oxygens (including phenoxy) is 1. The second-order valence-electron chi connectivity index (χ2n) is 6.64. The molecule has 0 aromatic heterocycles. The minimum Gasteiger partial charge on any atom is -0.462 e. The number of piperidine rings is 1. The lowest BCUT2D eigenvalue weighted by Gasteiger charge is -2.29. The van der Waals surface area contributed by atoms with Gasteiger partial charge in [-0.2, -0.15) is 5.26 Å². The molecule has 0 N–H and O–H groups in total. The number of carbonyl (C=O) groups excluding carboxylic acids is 1. The van der Waals surface area contributed by atoms with Gasteiger partial charge in [0, 0.05) is 12.5 Å². The van der Waals surface area contributed by atoms with E-state index in [4.69, 9.17) is 10.00 Å².